The highest BCUT2D eigenvalue weighted by molar-refractivity contribution is 6.30. The Hall–Kier alpha value is -2.40. The van der Waals surface area contributed by atoms with Gasteiger partial charge in [-0.3, -0.25) is 4.79 Å². The van der Waals surface area contributed by atoms with Crippen LogP contribution in [0.1, 0.15) is 44.7 Å². The molecule has 1 amide bonds. The summed E-state index contributed by atoms with van der Waals surface area (Å²) in [4.78, 5) is 20.2. The lowest BCUT2D eigenvalue weighted by atomic mass is 9.91. The van der Waals surface area contributed by atoms with Gasteiger partial charge in [0.05, 0.1) is 12.3 Å². The molecule has 0 bridgehead atoms. The van der Waals surface area contributed by atoms with Crippen LogP contribution in [0.2, 0.25) is 5.02 Å². The molecule has 0 saturated heterocycles. The van der Waals surface area contributed by atoms with Crippen molar-refractivity contribution in [3.8, 4) is 0 Å². The SMILES string of the molecule is CC(C)(C)CC(=O)N(Cc1ccccc1F)CC1CC(c2ccc(Cl)cc2)=NO1. The normalized spacial score (nSPS) is 16.3. The van der Waals surface area contributed by atoms with Crippen molar-refractivity contribution in [1.82, 2.24) is 4.90 Å². The van der Waals surface area contributed by atoms with E-state index in [1.54, 1.807) is 23.1 Å². The Morgan fingerprint density at radius 1 is 1.21 bits per heavy atom. The molecule has 0 spiro atoms. The summed E-state index contributed by atoms with van der Waals surface area (Å²) in [6.07, 6.45) is 0.688. The highest BCUT2D eigenvalue weighted by Crippen LogP contribution is 2.24. The summed E-state index contributed by atoms with van der Waals surface area (Å²) in [6.45, 7) is 6.60. The van der Waals surface area contributed by atoms with E-state index in [-0.39, 0.29) is 29.8 Å². The maximum atomic E-state index is 14.2. The minimum absolute atomic E-state index is 0.0238. The van der Waals surface area contributed by atoms with Crippen molar-refractivity contribution >= 4 is 23.2 Å². The highest BCUT2D eigenvalue weighted by atomic mass is 35.5. The average molecular weight is 417 g/mol. The minimum atomic E-state index is -0.313. The van der Waals surface area contributed by atoms with E-state index in [0.717, 1.165) is 11.3 Å². The first-order chi connectivity index (χ1) is 13.7. The standard InChI is InChI=1S/C23H26ClFN2O2/c1-23(2,3)13-22(28)27(14-17-6-4-5-7-20(17)25)15-19-12-21(26-29-19)16-8-10-18(24)11-9-16/h4-11,19H,12-15H2,1-3H3. The topological polar surface area (TPSA) is 41.9 Å². The van der Waals surface area contributed by atoms with Crippen molar-refractivity contribution in [2.75, 3.05) is 6.54 Å². The fraction of sp³-hybridized carbons (Fsp3) is 0.391. The predicted octanol–water partition coefficient (Wildman–Crippen LogP) is 5.44. The van der Waals surface area contributed by atoms with Crippen molar-refractivity contribution in [3.05, 3.63) is 70.5 Å². The number of benzene rings is 2. The Bertz CT molecular complexity index is 890. The fourth-order valence-corrected chi connectivity index (χ4v) is 3.36. The Balaban J connectivity index is 1.71. The summed E-state index contributed by atoms with van der Waals surface area (Å²) < 4.78 is 14.2. The third kappa shape index (κ3) is 6.04. The molecule has 1 aliphatic heterocycles. The fourth-order valence-electron chi connectivity index (χ4n) is 3.24. The van der Waals surface area contributed by atoms with E-state index in [1.165, 1.54) is 6.07 Å². The van der Waals surface area contributed by atoms with Crippen LogP contribution in [0.25, 0.3) is 0 Å². The van der Waals surface area contributed by atoms with Crippen molar-refractivity contribution < 1.29 is 14.0 Å². The molecule has 3 rings (SSSR count). The van der Waals surface area contributed by atoms with Gasteiger partial charge in [0, 0.05) is 30.0 Å². The molecule has 1 atom stereocenters. The average Bonchev–Trinajstić information content (AvgIpc) is 3.10. The van der Waals surface area contributed by atoms with Crippen LogP contribution >= 0.6 is 11.6 Å². The maximum Gasteiger partial charge on any atom is 0.223 e. The van der Waals surface area contributed by atoms with E-state index in [1.807, 2.05) is 45.0 Å². The van der Waals surface area contributed by atoms with Crippen LogP contribution < -0.4 is 0 Å². The molecule has 0 aliphatic carbocycles. The van der Waals surface area contributed by atoms with Crippen LogP contribution in [-0.2, 0) is 16.2 Å². The van der Waals surface area contributed by atoms with Crippen molar-refractivity contribution in [3.63, 3.8) is 0 Å². The Labute approximate surface area is 176 Å². The molecule has 0 radical (unpaired) electrons. The second-order valence-corrected chi connectivity index (χ2v) is 9.02. The number of nitrogens with zero attached hydrogens (tertiary/aromatic N) is 2. The van der Waals surface area contributed by atoms with Crippen molar-refractivity contribution in [1.29, 1.82) is 0 Å². The number of hydrogen-bond donors (Lipinski definition) is 0. The third-order valence-electron chi connectivity index (χ3n) is 4.69. The molecule has 6 heteroatoms. The van der Waals surface area contributed by atoms with Crippen LogP contribution in [0.15, 0.2) is 53.7 Å². The highest BCUT2D eigenvalue weighted by Gasteiger charge is 2.29. The summed E-state index contributed by atoms with van der Waals surface area (Å²) >= 11 is 5.95. The number of halogens is 2. The zero-order chi connectivity index (χ0) is 21.0. The lowest BCUT2D eigenvalue weighted by Gasteiger charge is -2.28. The second kappa shape index (κ2) is 8.95. The van der Waals surface area contributed by atoms with Gasteiger partial charge < -0.3 is 9.74 Å². The first kappa shape index (κ1) is 21.3. The quantitative estimate of drug-likeness (QED) is 0.629. The molecular weight excluding hydrogens is 391 g/mol. The molecule has 0 saturated carbocycles. The smallest absolute Gasteiger partial charge is 0.223 e. The molecule has 154 valence electrons. The second-order valence-electron chi connectivity index (χ2n) is 8.58. The number of carbonyl (C=O) groups excluding carboxylic acids is 1. The van der Waals surface area contributed by atoms with Gasteiger partial charge in [0.1, 0.15) is 5.82 Å². The monoisotopic (exact) mass is 416 g/mol. The van der Waals surface area contributed by atoms with E-state index >= 15 is 0 Å². The predicted molar refractivity (Wildman–Crippen MR) is 113 cm³/mol. The summed E-state index contributed by atoms with van der Waals surface area (Å²) in [6, 6.07) is 14.0. The Morgan fingerprint density at radius 2 is 1.90 bits per heavy atom. The molecule has 29 heavy (non-hydrogen) atoms. The van der Waals surface area contributed by atoms with Crippen molar-refractivity contribution in [2.45, 2.75) is 46.3 Å². The Kier molecular flexibility index (Phi) is 6.58. The van der Waals surface area contributed by atoms with Crippen LogP contribution in [0.3, 0.4) is 0 Å². The number of rotatable bonds is 6. The molecule has 4 nitrogen and oxygen atoms in total. The first-order valence-corrected chi connectivity index (χ1v) is 10.1. The van der Waals surface area contributed by atoms with Gasteiger partial charge in [-0.1, -0.05) is 67.9 Å². The van der Waals surface area contributed by atoms with Gasteiger partial charge in [0.25, 0.3) is 0 Å². The van der Waals surface area contributed by atoms with E-state index in [0.29, 0.717) is 30.0 Å². The molecule has 0 N–H and O–H groups in total. The van der Waals surface area contributed by atoms with E-state index in [9.17, 15) is 9.18 Å². The summed E-state index contributed by atoms with van der Waals surface area (Å²) in [5.41, 5.74) is 2.09. The zero-order valence-corrected chi connectivity index (χ0v) is 17.7. The van der Waals surface area contributed by atoms with E-state index < -0.39 is 0 Å². The third-order valence-corrected chi connectivity index (χ3v) is 4.94. The molecule has 0 fully saturated rings. The lowest BCUT2D eigenvalue weighted by Crippen LogP contribution is -2.39. The van der Waals surface area contributed by atoms with Crippen LogP contribution in [0, 0.1) is 11.2 Å². The van der Waals surface area contributed by atoms with Gasteiger partial charge in [-0.2, -0.15) is 0 Å². The van der Waals surface area contributed by atoms with Gasteiger partial charge in [-0.25, -0.2) is 4.39 Å². The van der Waals surface area contributed by atoms with E-state index in [2.05, 4.69) is 5.16 Å². The molecule has 1 aliphatic rings. The number of carbonyl (C=O) groups is 1. The van der Waals surface area contributed by atoms with Gasteiger partial charge >= 0.3 is 0 Å². The van der Waals surface area contributed by atoms with Crippen LogP contribution in [0.4, 0.5) is 4.39 Å². The largest absolute Gasteiger partial charge is 0.390 e. The minimum Gasteiger partial charge on any atom is -0.390 e. The number of oxime groups is 1. The Morgan fingerprint density at radius 3 is 2.55 bits per heavy atom. The molecule has 2 aromatic carbocycles. The molecule has 1 heterocycles. The molecule has 2 aromatic rings. The summed E-state index contributed by atoms with van der Waals surface area (Å²) in [5.74, 6) is -0.337. The first-order valence-electron chi connectivity index (χ1n) is 9.71. The van der Waals surface area contributed by atoms with Crippen molar-refractivity contribution in [2.24, 2.45) is 10.6 Å². The summed E-state index contributed by atoms with van der Waals surface area (Å²) in [7, 11) is 0. The van der Waals surface area contributed by atoms with Crippen LogP contribution in [0.5, 0.6) is 0 Å². The lowest BCUT2D eigenvalue weighted by molar-refractivity contribution is -0.135. The number of hydrogen-bond acceptors (Lipinski definition) is 3. The van der Waals surface area contributed by atoms with E-state index in [4.69, 9.17) is 16.4 Å². The summed E-state index contributed by atoms with van der Waals surface area (Å²) in [5, 5.41) is 4.85. The zero-order valence-electron chi connectivity index (χ0n) is 17.0. The molecule has 1 unspecified atom stereocenters. The molecular formula is C23H26ClFN2O2. The van der Waals surface area contributed by atoms with Gasteiger partial charge in [-0.15, -0.1) is 0 Å². The number of amides is 1. The maximum absolute atomic E-state index is 14.2. The molecule has 0 aromatic heterocycles. The van der Waals surface area contributed by atoms with Crippen LogP contribution in [-0.4, -0.2) is 29.2 Å². The van der Waals surface area contributed by atoms with Gasteiger partial charge in [0.15, 0.2) is 6.10 Å². The van der Waals surface area contributed by atoms with Gasteiger partial charge in [-0.05, 0) is 29.2 Å². The van der Waals surface area contributed by atoms with Gasteiger partial charge in [0.2, 0.25) is 5.91 Å².